The Bertz CT molecular complexity index is 372. The van der Waals surface area contributed by atoms with Gasteiger partial charge in [-0.1, -0.05) is 26.8 Å². The van der Waals surface area contributed by atoms with E-state index in [1.165, 1.54) is 29.8 Å². The van der Waals surface area contributed by atoms with E-state index >= 15 is 0 Å². The van der Waals surface area contributed by atoms with Gasteiger partial charge in [-0.25, -0.2) is 8.78 Å². The van der Waals surface area contributed by atoms with Crippen LogP contribution >= 0.6 is 11.8 Å². The summed E-state index contributed by atoms with van der Waals surface area (Å²) < 4.78 is 26.3. The summed E-state index contributed by atoms with van der Waals surface area (Å²) in [6.45, 7) is 7.83. The molecule has 0 atom stereocenters. The Morgan fingerprint density at radius 2 is 1.94 bits per heavy atom. The van der Waals surface area contributed by atoms with E-state index in [1.807, 2.05) is 18.2 Å². The maximum Gasteiger partial charge on any atom is 0.257 e. The monoisotopic (exact) mass is 258 g/mol. The van der Waals surface area contributed by atoms with Crippen molar-refractivity contribution >= 4 is 11.8 Å². The second-order valence-electron chi connectivity index (χ2n) is 4.67. The molecule has 0 saturated heterocycles. The van der Waals surface area contributed by atoms with E-state index in [-0.39, 0.29) is 12.2 Å². The SMILES string of the molecule is CCC(F)(F)CSc1ccc(C)c(C(C)C)c1. The molecule has 1 aromatic carbocycles. The zero-order valence-electron chi connectivity index (χ0n) is 10.9. The highest BCUT2D eigenvalue weighted by molar-refractivity contribution is 7.99. The van der Waals surface area contributed by atoms with Crippen LogP contribution in [0.4, 0.5) is 8.78 Å². The summed E-state index contributed by atoms with van der Waals surface area (Å²) in [5.41, 5.74) is 2.47. The molecule has 0 amide bonds. The van der Waals surface area contributed by atoms with Crippen LogP contribution in [0.3, 0.4) is 0 Å². The Kier molecular flexibility index (Phi) is 4.99. The first-order chi connectivity index (χ1) is 7.85. The van der Waals surface area contributed by atoms with Crippen LogP contribution in [0.25, 0.3) is 0 Å². The molecule has 1 aromatic rings. The van der Waals surface area contributed by atoms with E-state index in [9.17, 15) is 8.78 Å². The highest BCUT2D eigenvalue weighted by atomic mass is 32.2. The summed E-state index contributed by atoms with van der Waals surface area (Å²) in [4.78, 5) is 0.937. The Morgan fingerprint density at radius 3 is 2.47 bits per heavy atom. The van der Waals surface area contributed by atoms with Gasteiger partial charge in [-0.05, 0) is 36.1 Å². The molecular weight excluding hydrogens is 238 g/mol. The minimum atomic E-state index is -2.56. The third-order valence-electron chi connectivity index (χ3n) is 2.84. The van der Waals surface area contributed by atoms with Crippen molar-refractivity contribution in [1.29, 1.82) is 0 Å². The van der Waals surface area contributed by atoms with Gasteiger partial charge in [0, 0.05) is 11.3 Å². The zero-order valence-corrected chi connectivity index (χ0v) is 11.7. The summed E-state index contributed by atoms with van der Waals surface area (Å²) in [7, 11) is 0. The van der Waals surface area contributed by atoms with Crippen LogP contribution in [-0.4, -0.2) is 11.7 Å². The van der Waals surface area contributed by atoms with Gasteiger partial charge in [-0.3, -0.25) is 0 Å². The van der Waals surface area contributed by atoms with Crippen LogP contribution < -0.4 is 0 Å². The molecule has 0 aromatic heterocycles. The molecule has 0 nitrogen and oxygen atoms in total. The minimum absolute atomic E-state index is 0.0943. The van der Waals surface area contributed by atoms with Crippen LogP contribution in [0.1, 0.15) is 44.2 Å². The average molecular weight is 258 g/mol. The number of halogens is 2. The lowest BCUT2D eigenvalue weighted by Crippen LogP contribution is -2.17. The normalized spacial score (nSPS) is 12.2. The van der Waals surface area contributed by atoms with Crippen molar-refractivity contribution in [3.8, 4) is 0 Å². The smallest absolute Gasteiger partial charge is 0.206 e. The zero-order chi connectivity index (χ0) is 13.1. The lowest BCUT2D eigenvalue weighted by atomic mass is 9.98. The highest BCUT2D eigenvalue weighted by Gasteiger charge is 2.26. The van der Waals surface area contributed by atoms with Crippen molar-refractivity contribution in [3.63, 3.8) is 0 Å². The highest BCUT2D eigenvalue weighted by Crippen LogP contribution is 2.31. The largest absolute Gasteiger partial charge is 0.257 e. The van der Waals surface area contributed by atoms with Crippen molar-refractivity contribution in [2.75, 3.05) is 5.75 Å². The number of rotatable bonds is 5. The predicted molar refractivity (Wildman–Crippen MR) is 71.2 cm³/mol. The molecule has 17 heavy (non-hydrogen) atoms. The number of benzene rings is 1. The van der Waals surface area contributed by atoms with Crippen molar-refractivity contribution < 1.29 is 8.78 Å². The molecule has 0 fully saturated rings. The summed E-state index contributed by atoms with van der Waals surface area (Å²) >= 11 is 1.24. The second-order valence-corrected chi connectivity index (χ2v) is 5.72. The molecule has 0 saturated carbocycles. The Balaban J connectivity index is 2.76. The molecule has 0 N–H and O–H groups in total. The van der Waals surface area contributed by atoms with E-state index in [2.05, 4.69) is 20.8 Å². The van der Waals surface area contributed by atoms with Crippen LogP contribution in [0, 0.1) is 6.92 Å². The molecule has 0 aliphatic rings. The van der Waals surface area contributed by atoms with E-state index < -0.39 is 5.92 Å². The maximum atomic E-state index is 13.2. The third kappa shape index (κ3) is 4.30. The lowest BCUT2D eigenvalue weighted by Gasteiger charge is -2.15. The Morgan fingerprint density at radius 1 is 1.29 bits per heavy atom. The fourth-order valence-corrected chi connectivity index (χ4v) is 2.58. The molecule has 3 heteroatoms. The van der Waals surface area contributed by atoms with E-state index in [0.29, 0.717) is 5.92 Å². The number of thioether (sulfide) groups is 1. The van der Waals surface area contributed by atoms with Crippen LogP contribution in [0.2, 0.25) is 0 Å². The molecule has 0 radical (unpaired) electrons. The standard InChI is InChI=1S/C14H20F2S/c1-5-14(15,16)9-17-12-7-6-11(4)13(8-12)10(2)3/h6-8,10H,5,9H2,1-4H3. The minimum Gasteiger partial charge on any atom is -0.206 e. The molecule has 0 aliphatic heterocycles. The summed E-state index contributed by atoms with van der Waals surface area (Å²) in [6, 6.07) is 5.98. The average Bonchev–Trinajstić information content (AvgIpc) is 2.27. The van der Waals surface area contributed by atoms with Crippen molar-refractivity contribution in [3.05, 3.63) is 29.3 Å². The van der Waals surface area contributed by atoms with Gasteiger partial charge in [-0.15, -0.1) is 11.8 Å². The molecule has 1 rings (SSSR count). The molecule has 0 unspecified atom stereocenters. The Hall–Kier alpha value is -0.570. The first kappa shape index (κ1) is 14.5. The molecular formula is C14H20F2S. The number of aryl methyl sites for hydroxylation is 1. The first-order valence-electron chi connectivity index (χ1n) is 5.97. The third-order valence-corrected chi connectivity index (χ3v) is 3.99. The van der Waals surface area contributed by atoms with Gasteiger partial charge in [0.05, 0.1) is 5.75 Å². The van der Waals surface area contributed by atoms with Gasteiger partial charge in [0.1, 0.15) is 0 Å². The number of hydrogen-bond donors (Lipinski definition) is 0. The van der Waals surface area contributed by atoms with Crippen molar-refractivity contribution in [2.24, 2.45) is 0 Å². The fourth-order valence-electron chi connectivity index (χ4n) is 1.62. The summed E-state index contributed by atoms with van der Waals surface area (Å²) in [6.07, 6.45) is -0.0943. The van der Waals surface area contributed by atoms with E-state index in [4.69, 9.17) is 0 Å². The Labute approximate surface area is 107 Å². The molecule has 96 valence electrons. The number of alkyl halides is 2. The van der Waals surface area contributed by atoms with Crippen molar-refractivity contribution in [1.82, 2.24) is 0 Å². The fraction of sp³-hybridized carbons (Fsp3) is 0.571. The number of hydrogen-bond acceptors (Lipinski definition) is 1. The predicted octanol–water partition coefficient (Wildman–Crippen LogP) is 5.26. The van der Waals surface area contributed by atoms with Crippen LogP contribution in [-0.2, 0) is 0 Å². The van der Waals surface area contributed by atoms with E-state index in [0.717, 1.165) is 4.90 Å². The van der Waals surface area contributed by atoms with Crippen LogP contribution in [0.5, 0.6) is 0 Å². The molecule has 0 aliphatic carbocycles. The first-order valence-corrected chi connectivity index (χ1v) is 6.95. The molecule has 0 bridgehead atoms. The van der Waals surface area contributed by atoms with Gasteiger partial charge in [0.2, 0.25) is 0 Å². The van der Waals surface area contributed by atoms with E-state index in [1.54, 1.807) is 0 Å². The summed E-state index contributed by atoms with van der Waals surface area (Å²) in [5.74, 6) is -2.26. The lowest BCUT2D eigenvalue weighted by molar-refractivity contribution is 0.0235. The molecule has 0 spiro atoms. The quantitative estimate of drug-likeness (QED) is 0.649. The van der Waals surface area contributed by atoms with Crippen LogP contribution in [0.15, 0.2) is 23.1 Å². The molecule has 0 heterocycles. The van der Waals surface area contributed by atoms with Gasteiger partial charge in [-0.2, -0.15) is 0 Å². The maximum absolute atomic E-state index is 13.2. The van der Waals surface area contributed by atoms with Gasteiger partial charge < -0.3 is 0 Å². The van der Waals surface area contributed by atoms with Crippen molar-refractivity contribution in [2.45, 2.75) is 50.9 Å². The summed E-state index contributed by atoms with van der Waals surface area (Å²) in [5, 5.41) is 0. The topological polar surface area (TPSA) is 0 Å². The van der Waals surface area contributed by atoms with Gasteiger partial charge in [0.15, 0.2) is 0 Å². The van der Waals surface area contributed by atoms with Gasteiger partial charge >= 0.3 is 0 Å². The van der Waals surface area contributed by atoms with Gasteiger partial charge in [0.25, 0.3) is 5.92 Å². The second kappa shape index (κ2) is 5.85.